The van der Waals surface area contributed by atoms with Crippen molar-refractivity contribution in [3.05, 3.63) is 106 Å². The number of hydrogen-bond donors (Lipinski definition) is 3. The molecule has 228 valence electrons. The van der Waals surface area contributed by atoms with Gasteiger partial charge in [0, 0.05) is 31.3 Å². The quantitative estimate of drug-likeness (QED) is 0.201. The number of aliphatic hydroxyl groups excluding tert-OH is 1. The lowest BCUT2D eigenvalue weighted by molar-refractivity contribution is -0.137. The number of carbonyl (C=O) groups excluding carboxylic acids is 1. The van der Waals surface area contributed by atoms with E-state index in [0.29, 0.717) is 17.7 Å². The maximum Gasteiger partial charge on any atom is 0.416 e. The van der Waals surface area contributed by atoms with Gasteiger partial charge < -0.3 is 20.6 Å². The summed E-state index contributed by atoms with van der Waals surface area (Å²) in [6, 6.07) is 12.4. The topological polar surface area (TPSA) is 64.6 Å². The number of hydrogen-bond acceptors (Lipinski definition) is 4. The van der Waals surface area contributed by atoms with E-state index < -0.39 is 41.4 Å². The molecule has 0 aliphatic rings. The minimum Gasteiger partial charge on any atom is -0.390 e. The smallest absolute Gasteiger partial charge is 0.390 e. The SMILES string of the molecule is CCCCN(C)Cc1cc(C)cc(C(=O)N[C@@H](Cc2cc(F)cc(F)c2)[C@@H](O)CNCc2cccc(C(F)(F)F)c2)c1. The fourth-order valence-electron chi connectivity index (χ4n) is 4.79. The van der Waals surface area contributed by atoms with Crippen LogP contribution >= 0.6 is 0 Å². The van der Waals surface area contributed by atoms with Crippen LogP contribution in [-0.4, -0.2) is 48.2 Å². The lowest BCUT2D eigenvalue weighted by Crippen LogP contribution is -2.48. The van der Waals surface area contributed by atoms with Gasteiger partial charge in [-0.05, 0) is 80.4 Å². The molecule has 0 aliphatic carbocycles. The number of rotatable bonds is 14. The Kier molecular flexibility index (Phi) is 12.0. The van der Waals surface area contributed by atoms with Gasteiger partial charge in [-0.1, -0.05) is 43.2 Å². The average molecular weight is 592 g/mol. The summed E-state index contributed by atoms with van der Waals surface area (Å²) in [5.41, 5.74) is 2.03. The van der Waals surface area contributed by atoms with Crippen LogP contribution in [0, 0.1) is 18.6 Å². The maximum absolute atomic E-state index is 13.9. The highest BCUT2D eigenvalue weighted by Crippen LogP contribution is 2.29. The van der Waals surface area contributed by atoms with E-state index in [0.717, 1.165) is 60.8 Å². The predicted octanol–water partition coefficient (Wildman–Crippen LogP) is 6.02. The zero-order valence-electron chi connectivity index (χ0n) is 24.1. The van der Waals surface area contributed by atoms with Gasteiger partial charge in [0.25, 0.3) is 5.91 Å². The number of aryl methyl sites for hydroxylation is 1. The third-order valence-electron chi connectivity index (χ3n) is 6.84. The Morgan fingerprint density at radius 1 is 0.976 bits per heavy atom. The van der Waals surface area contributed by atoms with Gasteiger partial charge in [-0.15, -0.1) is 0 Å². The molecule has 0 aliphatic heterocycles. The Balaban J connectivity index is 1.75. The molecule has 0 spiro atoms. The molecule has 3 aromatic rings. The van der Waals surface area contributed by atoms with Gasteiger partial charge in [-0.3, -0.25) is 4.79 Å². The molecule has 0 unspecified atom stereocenters. The normalized spacial score (nSPS) is 13.3. The molecule has 1 amide bonds. The Bertz CT molecular complexity index is 1310. The van der Waals surface area contributed by atoms with Gasteiger partial charge in [-0.2, -0.15) is 13.2 Å². The van der Waals surface area contributed by atoms with Crippen molar-refractivity contribution in [3.63, 3.8) is 0 Å². The van der Waals surface area contributed by atoms with E-state index in [1.807, 2.05) is 20.0 Å². The van der Waals surface area contributed by atoms with E-state index in [9.17, 15) is 31.9 Å². The summed E-state index contributed by atoms with van der Waals surface area (Å²) in [5.74, 6) is -2.04. The summed E-state index contributed by atoms with van der Waals surface area (Å²) in [6.45, 7) is 5.50. The number of halogens is 5. The summed E-state index contributed by atoms with van der Waals surface area (Å²) in [4.78, 5) is 15.5. The van der Waals surface area contributed by atoms with Gasteiger partial charge in [0.2, 0.25) is 0 Å². The second-order valence-corrected chi connectivity index (χ2v) is 10.8. The van der Waals surface area contributed by atoms with Crippen molar-refractivity contribution in [1.82, 2.24) is 15.5 Å². The number of nitrogens with one attached hydrogen (secondary N) is 2. The van der Waals surface area contributed by atoms with Crippen LogP contribution in [-0.2, 0) is 25.7 Å². The first-order chi connectivity index (χ1) is 19.8. The van der Waals surface area contributed by atoms with Gasteiger partial charge in [-0.25, -0.2) is 8.78 Å². The van der Waals surface area contributed by atoms with Crippen molar-refractivity contribution in [2.45, 2.75) is 64.5 Å². The van der Waals surface area contributed by atoms with Crippen molar-refractivity contribution in [2.75, 3.05) is 20.1 Å². The number of unbranched alkanes of at least 4 members (excludes halogenated alkanes) is 1. The van der Waals surface area contributed by atoms with Crippen molar-refractivity contribution >= 4 is 5.91 Å². The number of alkyl halides is 3. The molecule has 0 saturated heterocycles. The molecule has 0 saturated carbocycles. The van der Waals surface area contributed by atoms with Crippen LogP contribution in [0.15, 0.2) is 60.7 Å². The second kappa shape index (κ2) is 15.2. The minimum atomic E-state index is -4.48. The third-order valence-corrected chi connectivity index (χ3v) is 6.84. The minimum absolute atomic E-state index is 0.0308. The molecule has 2 atom stereocenters. The zero-order chi connectivity index (χ0) is 30.9. The van der Waals surface area contributed by atoms with E-state index in [-0.39, 0.29) is 25.1 Å². The molecule has 0 heterocycles. The summed E-state index contributed by atoms with van der Waals surface area (Å²) in [7, 11) is 2.01. The predicted molar refractivity (Wildman–Crippen MR) is 153 cm³/mol. The van der Waals surface area contributed by atoms with Crippen molar-refractivity contribution in [2.24, 2.45) is 0 Å². The van der Waals surface area contributed by atoms with Crippen LogP contribution in [0.3, 0.4) is 0 Å². The van der Waals surface area contributed by atoms with Crippen LogP contribution in [0.2, 0.25) is 0 Å². The van der Waals surface area contributed by atoms with E-state index in [1.54, 1.807) is 12.1 Å². The standard InChI is InChI=1S/C32H38F5N3O2/c1-4-5-9-40(3)20-24-10-21(2)11-25(12-24)31(42)39-29(16-23-14-27(33)17-28(34)15-23)30(41)19-38-18-22-7-6-8-26(13-22)32(35,36)37/h6-8,10-15,17,29-30,38,41H,4-5,9,16,18-20H2,1-3H3,(H,39,42)/t29-,30-/m0/s1. The highest BCUT2D eigenvalue weighted by molar-refractivity contribution is 5.94. The summed E-state index contributed by atoms with van der Waals surface area (Å²) >= 11 is 0. The van der Waals surface area contributed by atoms with Gasteiger partial charge >= 0.3 is 6.18 Å². The number of amides is 1. The van der Waals surface area contributed by atoms with E-state index >= 15 is 0 Å². The largest absolute Gasteiger partial charge is 0.416 e. The molecule has 10 heteroatoms. The van der Waals surface area contributed by atoms with E-state index in [4.69, 9.17) is 0 Å². The fourth-order valence-corrected chi connectivity index (χ4v) is 4.79. The number of aliphatic hydroxyl groups is 1. The monoisotopic (exact) mass is 591 g/mol. The zero-order valence-corrected chi connectivity index (χ0v) is 24.1. The molecular weight excluding hydrogens is 553 g/mol. The molecule has 42 heavy (non-hydrogen) atoms. The van der Waals surface area contributed by atoms with Crippen molar-refractivity contribution in [3.8, 4) is 0 Å². The fraction of sp³-hybridized carbons (Fsp3) is 0.406. The first-order valence-electron chi connectivity index (χ1n) is 13.9. The van der Waals surface area contributed by atoms with Crippen molar-refractivity contribution in [1.29, 1.82) is 0 Å². The highest BCUT2D eigenvalue weighted by atomic mass is 19.4. The molecule has 3 aromatic carbocycles. The Morgan fingerprint density at radius 3 is 2.36 bits per heavy atom. The summed E-state index contributed by atoms with van der Waals surface area (Å²) < 4.78 is 67.0. The second-order valence-electron chi connectivity index (χ2n) is 10.8. The van der Waals surface area contributed by atoms with E-state index in [2.05, 4.69) is 22.5 Å². The Labute approximate surface area is 243 Å². The van der Waals surface area contributed by atoms with Gasteiger partial charge in [0.05, 0.1) is 17.7 Å². The van der Waals surface area contributed by atoms with Crippen molar-refractivity contribution < 1.29 is 31.9 Å². The third kappa shape index (κ3) is 10.5. The summed E-state index contributed by atoms with van der Waals surface area (Å²) in [6.07, 6.45) is -3.66. The van der Waals surface area contributed by atoms with Gasteiger partial charge in [0.1, 0.15) is 11.6 Å². The number of nitrogens with zero attached hydrogens (tertiary/aromatic N) is 1. The Hall–Kier alpha value is -3.34. The molecule has 0 fully saturated rings. The lowest BCUT2D eigenvalue weighted by atomic mass is 9.99. The first-order valence-corrected chi connectivity index (χ1v) is 13.9. The van der Waals surface area contributed by atoms with Crippen LogP contribution in [0.5, 0.6) is 0 Å². The Morgan fingerprint density at radius 2 is 1.69 bits per heavy atom. The molecule has 3 rings (SSSR count). The van der Waals surface area contributed by atoms with Crippen LogP contribution in [0.4, 0.5) is 22.0 Å². The molecular formula is C32H38F5N3O2. The van der Waals surface area contributed by atoms with Gasteiger partial charge in [0.15, 0.2) is 0 Å². The van der Waals surface area contributed by atoms with Crippen LogP contribution in [0.25, 0.3) is 0 Å². The number of carbonyl (C=O) groups is 1. The first kappa shape index (κ1) is 33.2. The van der Waals surface area contributed by atoms with E-state index in [1.165, 1.54) is 12.1 Å². The van der Waals surface area contributed by atoms with Crippen LogP contribution in [0.1, 0.15) is 57.9 Å². The lowest BCUT2D eigenvalue weighted by Gasteiger charge is -2.25. The molecule has 0 bridgehead atoms. The molecule has 0 radical (unpaired) electrons. The molecule has 5 nitrogen and oxygen atoms in total. The molecule has 0 aromatic heterocycles. The summed E-state index contributed by atoms with van der Waals surface area (Å²) in [5, 5.41) is 16.7. The highest BCUT2D eigenvalue weighted by Gasteiger charge is 2.30. The molecule has 3 N–H and O–H groups in total. The maximum atomic E-state index is 13.9. The van der Waals surface area contributed by atoms with Crippen LogP contribution < -0.4 is 10.6 Å². The number of benzene rings is 3. The average Bonchev–Trinajstić information content (AvgIpc) is 2.90.